The molecule has 0 radical (unpaired) electrons. The zero-order valence-electron chi connectivity index (χ0n) is 10.8. The predicted molar refractivity (Wildman–Crippen MR) is 76.4 cm³/mol. The normalized spacial score (nSPS) is 13.7. The van der Waals surface area contributed by atoms with Crippen LogP contribution in [0.3, 0.4) is 0 Å². The lowest BCUT2D eigenvalue weighted by atomic mass is 9.63. The molecule has 0 spiro atoms. The average molecular weight is 254 g/mol. The van der Waals surface area contributed by atoms with Crippen LogP contribution in [-0.2, 0) is 19.3 Å². The first kappa shape index (κ1) is 12.4. The minimum Gasteiger partial charge on any atom is -0.446 e. The Kier molecular flexibility index (Phi) is 3.39. The lowest BCUT2D eigenvalue weighted by molar-refractivity contribution is 0.587. The van der Waals surface area contributed by atoms with Crippen molar-refractivity contribution in [3.05, 3.63) is 65.0 Å². The first-order chi connectivity index (χ1) is 9.24. The molecular formula is C16H16BFO. The van der Waals surface area contributed by atoms with Crippen molar-refractivity contribution >= 4 is 12.4 Å². The quantitative estimate of drug-likeness (QED) is 0.833. The van der Waals surface area contributed by atoms with E-state index < -0.39 is 6.92 Å². The van der Waals surface area contributed by atoms with E-state index in [9.17, 15) is 9.41 Å². The first-order valence-corrected chi connectivity index (χ1v) is 6.77. The smallest absolute Gasteiger partial charge is 0.324 e. The van der Waals surface area contributed by atoms with Crippen molar-refractivity contribution in [3.63, 3.8) is 0 Å². The van der Waals surface area contributed by atoms with Gasteiger partial charge in [0.2, 0.25) is 0 Å². The van der Waals surface area contributed by atoms with E-state index in [1.165, 1.54) is 5.56 Å². The monoisotopic (exact) mass is 254 g/mol. The molecule has 2 aromatic carbocycles. The molecule has 1 heterocycles. The van der Waals surface area contributed by atoms with E-state index in [-0.39, 0.29) is 5.82 Å². The lowest BCUT2D eigenvalue weighted by Gasteiger charge is -2.08. The molecule has 1 nitrogen and oxygen atoms in total. The Morgan fingerprint density at radius 1 is 1.11 bits per heavy atom. The van der Waals surface area contributed by atoms with Crippen LogP contribution in [0, 0.1) is 5.82 Å². The van der Waals surface area contributed by atoms with Crippen molar-refractivity contribution in [1.29, 1.82) is 0 Å². The Hall–Kier alpha value is -1.61. The number of aryl methyl sites for hydroxylation is 3. The van der Waals surface area contributed by atoms with Crippen molar-refractivity contribution in [2.75, 3.05) is 0 Å². The minimum atomic E-state index is -0.411. The van der Waals surface area contributed by atoms with Gasteiger partial charge in [0.25, 0.3) is 0 Å². The maximum atomic E-state index is 14.0. The highest BCUT2D eigenvalue weighted by Gasteiger charge is 2.26. The molecule has 0 aromatic heterocycles. The fourth-order valence-corrected chi connectivity index (χ4v) is 2.77. The molecule has 1 aliphatic rings. The van der Waals surface area contributed by atoms with Gasteiger partial charge in [0.15, 0.2) is 0 Å². The van der Waals surface area contributed by atoms with Crippen LogP contribution in [0.1, 0.15) is 16.7 Å². The summed E-state index contributed by atoms with van der Waals surface area (Å²) in [6.07, 6.45) is 3.01. The molecule has 0 saturated carbocycles. The fraction of sp³-hybridized carbons (Fsp3) is 0.250. The summed E-state index contributed by atoms with van der Waals surface area (Å²) in [5.74, 6) is -0.135. The van der Waals surface area contributed by atoms with Gasteiger partial charge in [0, 0.05) is 0 Å². The first-order valence-electron chi connectivity index (χ1n) is 6.77. The van der Waals surface area contributed by atoms with Gasteiger partial charge < -0.3 is 5.02 Å². The van der Waals surface area contributed by atoms with E-state index >= 15 is 0 Å². The van der Waals surface area contributed by atoms with Gasteiger partial charge in [-0.25, -0.2) is 4.39 Å². The zero-order valence-corrected chi connectivity index (χ0v) is 10.8. The largest absolute Gasteiger partial charge is 0.446 e. The molecule has 0 amide bonds. The van der Waals surface area contributed by atoms with Crippen LogP contribution in [0.5, 0.6) is 0 Å². The van der Waals surface area contributed by atoms with Crippen molar-refractivity contribution < 1.29 is 9.41 Å². The Balaban J connectivity index is 1.80. The number of hydrogen-bond acceptors (Lipinski definition) is 1. The summed E-state index contributed by atoms with van der Waals surface area (Å²) in [5.41, 5.74) is 3.81. The van der Waals surface area contributed by atoms with Gasteiger partial charge in [-0.2, -0.15) is 0 Å². The molecule has 2 aromatic rings. The van der Waals surface area contributed by atoms with Crippen molar-refractivity contribution in [1.82, 2.24) is 0 Å². The number of rotatable bonds is 3. The molecule has 3 rings (SSSR count). The molecule has 0 fully saturated rings. The second-order valence-electron chi connectivity index (χ2n) is 5.18. The SMILES string of the molecule is OB1CCc2cc(F)c(CCc3ccccc3)cc21. The Morgan fingerprint density at radius 3 is 2.68 bits per heavy atom. The average Bonchev–Trinajstić information content (AvgIpc) is 2.78. The van der Waals surface area contributed by atoms with E-state index in [0.717, 1.165) is 30.2 Å². The summed E-state index contributed by atoms with van der Waals surface area (Å²) in [5, 5.41) is 9.86. The van der Waals surface area contributed by atoms with E-state index in [1.807, 2.05) is 24.3 Å². The molecule has 0 aliphatic carbocycles. The van der Waals surface area contributed by atoms with E-state index in [1.54, 1.807) is 6.07 Å². The minimum absolute atomic E-state index is 0.135. The van der Waals surface area contributed by atoms with Crippen LogP contribution in [0.15, 0.2) is 42.5 Å². The Labute approximate surface area is 113 Å². The maximum absolute atomic E-state index is 14.0. The van der Waals surface area contributed by atoms with Crippen LogP contribution >= 0.6 is 0 Å². The number of halogens is 1. The summed E-state index contributed by atoms with van der Waals surface area (Å²) < 4.78 is 14.0. The van der Waals surface area contributed by atoms with Crippen LogP contribution < -0.4 is 5.46 Å². The third kappa shape index (κ3) is 2.56. The number of benzene rings is 2. The predicted octanol–water partition coefficient (Wildman–Crippen LogP) is 2.36. The zero-order chi connectivity index (χ0) is 13.2. The molecule has 1 aliphatic heterocycles. The molecule has 0 atom stereocenters. The van der Waals surface area contributed by atoms with Gasteiger partial charge in [0.05, 0.1) is 0 Å². The molecule has 19 heavy (non-hydrogen) atoms. The third-order valence-electron chi connectivity index (χ3n) is 3.88. The number of fused-ring (bicyclic) bond motifs is 1. The second-order valence-corrected chi connectivity index (χ2v) is 5.18. The summed E-state index contributed by atoms with van der Waals surface area (Å²) in [6.45, 7) is -0.411. The van der Waals surface area contributed by atoms with Gasteiger partial charge in [-0.3, -0.25) is 0 Å². The Morgan fingerprint density at radius 2 is 1.89 bits per heavy atom. The number of hydrogen-bond donors (Lipinski definition) is 1. The van der Waals surface area contributed by atoms with Gasteiger partial charge in [-0.15, -0.1) is 0 Å². The second kappa shape index (κ2) is 5.18. The van der Waals surface area contributed by atoms with E-state index in [4.69, 9.17) is 0 Å². The van der Waals surface area contributed by atoms with Gasteiger partial charge in [-0.05, 0) is 53.8 Å². The maximum Gasteiger partial charge on any atom is 0.324 e. The van der Waals surface area contributed by atoms with Crippen LogP contribution in [-0.4, -0.2) is 11.9 Å². The van der Waals surface area contributed by atoms with Crippen molar-refractivity contribution in [3.8, 4) is 0 Å². The molecule has 96 valence electrons. The fourth-order valence-electron chi connectivity index (χ4n) is 2.77. The van der Waals surface area contributed by atoms with Crippen LogP contribution in [0.2, 0.25) is 6.32 Å². The molecule has 1 N–H and O–H groups in total. The van der Waals surface area contributed by atoms with Crippen LogP contribution in [0.4, 0.5) is 4.39 Å². The standard InChI is InChI=1S/C16H16BFO/c18-16-11-13-8-9-17(19)15(13)10-14(16)7-6-12-4-2-1-3-5-12/h1-5,10-11,19H,6-9H2. The highest BCUT2D eigenvalue weighted by atomic mass is 19.1. The molecule has 0 bridgehead atoms. The summed E-state index contributed by atoms with van der Waals surface area (Å²) in [7, 11) is 0. The van der Waals surface area contributed by atoms with E-state index in [0.29, 0.717) is 12.0 Å². The lowest BCUT2D eigenvalue weighted by Crippen LogP contribution is -2.26. The topological polar surface area (TPSA) is 20.2 Å². The highest BCUT2D eigenvalue weighted by molar-refractivity contribution is 6.68. The highest BCUT2D eigenvalue weighted by Crippen LogP contribution is 2.18. The van der Waals surface area contributed by atoms with Gasteiger partial charge in [-0.1, -0.05) is 36.4 Å². The summed E-state index contributed by atoms with van der Waals surface area (Å²) >= 11 is 0. The molecule has 0 saturated heterocycles. The van der Waals surface area contributed by atoms with Gasteiger partial charge >= 0.3 is 6.92 Å². The third-order valence-corrected chi connectivity index (χ3v) is 3.88. The summed E-state index contributed by atoms with van der Waals surface area (Å²) in [6, 6.07) is 13.5. The van der Waals surface area contributed by atoms with E-state index in [2.05, 4.69) is 12.1 Å². The van der Waals surface area contributed by atoms with Crippen molar-refractivity contribution in [2.45, 2.75) is 25.6 Å². The van der Waals surface area contributed by atoms with Crippen LogP contribution in [0.25, 0.3) is 0 Å². The summed E-state index contributed by atoms with van der Waals surface area (Å²) in [4.78, 5) is 0. The van der Waals surface area contributed by atoms with Crippen molar-refractivity contribution in [2.24, 2.45) is 0 Å². The molecule has 3 heteroatoms. The van der Waals surface area contributed by atoms with Gasteiger partial charge in [0.1, 0.15) is 5.82 Å². The Bertz CT molecular complexity index is 583. The molecule has 0 unspecified atom stereocenters. The molecular weight excluding hydrogens is 238 g/mol.